The van der Waals surface area contributed by atoms with E-state index >= 15 is 0 Å². The van der Waals surface area contributed by atoms with Crippen molar-refractivity contribution < 1.29 is 4.79 Å². The van der Waals surface area contributed by atoms with Crippen LogP contribution in [0.4, 0.5) is 0 Å². The minimum Gasteiger partial charge on any atom is -0.300 e. The number of hydrogen-bond acceptors (Lipinski definition) is 1. The van der Waals surface area contributed by atoms with E-state index in [0.29, 0.717) is 16.6 Å². The van der Waals surface area contributed by atoms with Crippen LogP contribution in [0.2, 0.25) is 0 Å². The van der Waals surface area contributed by atoms with Gasteiger partial charge in [-0.15, -0.1) is 0 Å². The van der Waals surface area contributed by atoms with E-state index in [0.717, 1.165) is 24.7 Å². The third kappa shape index (κ3) is 2.41. The van der Waals surface area contributed by atoms with E-state index < -0.39 is 0 Å². The lowest BCUT2D eigenvalue weighted by molar-refractivity contribution is -0.119. The second-order valence-corrected chi connectivity index (χ2v) is 7.61. The SMILES string of the molecule is C=C1CCC[C@H]2[C@](C)(CCC(C)=O)[C@@H](C)CC[C@]12C. The number of ketones is 1. The first-order valence-corrected chi connectivity index (χ1v) is 7.98. The predicted molar refractivity (Wildman–Crippen MR) is 81.0 cm³/mol. The molecular weight excluding hydrogens is 232 g/mol. The molecule has 0 aromatic carbocycles. The molecule has 0 heterocycles. The monoisotopic (exact) mass is 262 g/mol. The lowest BCUT2D eigenvalue weighted by atomic mass is 9.46. The molecule has 1 heteroatoms. The summed E-state index contributed by atoms with van der Waals surface area (Å²) >= 11 is 0. The molecule has 0 radical (unpaired) electrons. The van der Waals surface area contributed by atoms with Gasteiger partial charge in [-0.3, -0.25) is 0 Å². The summed E-state index contributed by atoms with van der Waals surface area (Å²) in [7, 11) is 0. The first-order chi connectivity index (χ1) is 8.80. The molecule has 2 aliphatic rings. The average Bonchev–Trinajstić information content (AvgIpc) is 2.35. The van der Waals surface area contributed by atoms with Crippen LogP contribution < -0.4 is 0 Å². The summed E-state index contributed by atoms with van der Waals surface area (Å²) in [5.41, 5.74) is 2.13. The van der Waals surface area contributed by atoms with E-state index in [9.17, 15) is 4.79 Å². The second-order valence-electron chi connectivity index (χ2n) is 7.61. The van der Waals surface area contributed by atoms with Gasteiger partial charge in [0.1, 0.15) is 5.78 Å². The lowest BCUT2D eigenvalue weighted by Crippen LogP contribution is -2.50. The smallest absolute Gasteiger partial charge is 0.129 e. The maximum Gasteiger partial charge on any atom is 0.129 e. The maximum absolute atomic E-state index is 11.4. The highest BCUT2D eigenvalue weighted by Gasteiger charge is 2.53. The second kappa shape index (κ2) is 5.07. The standard InChI is InChI=1S/C18H30O/c1-13-7-6-8-16-17(13,4)11-9-14(2)18(16,5)12-10-15(3)19/h14,16H,1,6-12H2,2-5H3/t14-,16+,17+,18+/m0/s1. The molecule has 1 nitrogen and oxygen atoms in total. The van der Waals surface area contributed by atoms with Crippen molar-refractivity contribution in [3.05, 3.63) is 12.2 Å². The van der Waals surface area contributed by atoms with Gasteiger partial charge in [0.25, 0.3) is 0 Å². The molecule has 0 aromatic rings. The molecule has 2 fully saturated rings. The normalized spacial score (nSPS) is 42.8. The topological polar surface area (TPSA) is 17.1 Å². The number of hydrogen-bond donors (Lipinski definition) is 0. The highest BCUT2D eigenvalue weighted by Crippen LogP contribution is 2.62. The van der Waals surface area contributed by atoms with E-state index in [1.165, 1.54) is 37.7 Å². The van der Waals surface area contributed by atoms with Gasteiger partial charge in [0.15, 0.2) is 0 Å². The number of rotatable bonds is 3. The van der Waals surface area contributed by atoms with Crippen LogP contribution >= 0.6 is 0 Å². The third-order valence-electron chi connectivity index (χ3n) is 6.58. The van der Waals surface area contributed by atoms with Gasteiger partial charge in [-0.25, -0.2) is 0 Å². The van der Waals surface area contributed by atoms with Crippen molar-refractivity contribution >= 4 is 5.78 Å². The molecule has 4 atom stereocenters. The van der Waals surface area contributed by atoms with Gasteiger partial charge >= 0.3 is 0 Å². The van der Waals surface area contributed by atoms with E-state index in [1.54, 1.807) is 6.92 Å². The number of allylic oxidation sites excluding steroid dienone is 1. The Bertz CT molecular complexity index is 383. The third-order valence-corrected chi connectivity index (χ3v) is 6.58. The fourth-order valence-electron chi connectivity index (χ4n) is 4.83. The van der Waals surface area contributed by atoms with Gasteiger partial charge in [-0.2, -0.15) is 0 Å². The molecule has 19 heavy (non-hydrogen) atoms. The molecule has 0 bridgehead atoms. The highest BCUT2D eigenvalue weighted by molar-refractivity contribution is 5.75. The van der Waals surface area contributed by atoms with E-state index in [-0.39, 0.29) is 0 Å². The fraction of sp³-hybridized carbons (Fsp3) is 0.833. The van der Waals surface area contributed by atoms with Crippen molar-refractivity contribution in [1.82, 2.24) is 0 Å². The molecule has 2 saturated carbocycles. The van der Waals surface area contributed by atoms with Gasteiger partial charge in [-0.1, -0.05) is 32.9 Å². The summed E-state index contributed by atoms with van der Waals surface area (Å²) in [6, 6.07) is 0. The van der Waals surface area contributed by atoms with Crippen LogP contribution in [-0.2, 0) is 4.79 Å². The van der Waals surface area contributed by atoms with Crippen molar-refractivity contribution in [3.63, 3.8) is 0 Å². The minimum atomic E-state index is 0.321. The van der Waals surface area contributed by atoms with Crippen LogP contribution in [0.5, 0.6) is 0 Å². The highest BCUT2D eigenvalue weighted by atomic mass is 16.1. The Morgan fingerprint density at radius 2 is 2.05 bits per heavy atom. The van der Waals surface area contributed by atoms with Crippen molar-refractivity contribution in [1.29, 1.82) is 0 Å². The van der Waals surface area contributed by atoms with E-state index in [1.807, 2.05) is 0 Å². The Balaban J connectivity index is 2.28. The van der Waals surface area contributed by atoms with Gasteiger partial charge in [0.2, 0.25) is 0 Å². The molecule has 0 amide bonds. The van der Waals surface area contributed by atoms with Gasteiger partial charge in [-0.05, 0) is 68.1 Å². The first kappa shape index (κ1) is 14.8. The van der Waals surface area contributed by atoms with Crippen molar-refractivity contribution in [2.45, 2.75) is 72.6 Å². The Kier molecular flexibility index (Phi) is 3.95. The van der Waals surface area contributed by atoms with Crippen molar-refractivity contribution in [2.24, 2.45) is 22.7 Å². The first-order valence-electron chi connectivity index (χ1n) is 7.98. The number of fused-ring (bicyclic) bond motifs is 1. The van der Waals surface area contributed by atoms with E-state index in [4.69, 9.17) is 0 Å². The average molecular weight is 262 g/mol. The largest absolute Gasteiger partial charge is 0.300 e. The molecule has 0 unspecified atom stereocenters. The minimum absolute atomic E-state index is 0.321. The summed E-state index contributed by atoms with van der Waals surface area (Å²) in [5, 5.41) is 0. The van der Waals surface area contributed by atoms with E-state index in [2.05, 4.69) is 27.4 Å². The van der Waals surface area contributed by atoms with Crippen LogP contribution in [0, 0.1) is 22.7 Å². The molecule has 0 spiro atoms. The molecule has 2 aliphatic carbocycles. The van der Waals surface area contributed by atoms with Crippen LogP contribution in [0.25, 0.3) is 0 Å². The zero-order valence-corrected chi connectivity index (χ0v) is 13.2. The summed E-state index contributed by atoms with van der Waals surface area (Å²) in [5.74, 6) is 1.80. The molecular formula is C18H30O. The molecule has 2 rings (SSSR count). The summed E-state index contributed by atoms with van der Waals surface area (Å²) in [4.78, 5) is 11.4. The molecule has 0 aliphatic heterocycles. The van der Waals surface area contributed by atoms with Crippen molar-refractivity contribution in [2.75, 3.05) is 0 Å². The zero-order valence-electron chi connectivity index (χ0n) is 13.2. The Hall–Kier alpha value is -0.590. The van der Waals surface area contributed by atoms with Crippen LogP contribution in [0.3, 0.4) is 0 Å². The molecule has 0 aromatic heterocycles. The van der Waals surface area contributed by atoms with Crippen molar-refractivity contribution in [3.8, 4) is 0 Å². The Morgan fingerprint density at radius 3 is 2.68 bits per heavy atom. The lowest BCUT2D eigenvalue weighted by Gasteiger charge is -2.58. The van der Waals surface area contributed by atoms with Crippen LogP contribution in [0.15, 0.2) is 12.2 Å². The fourth-order valence-corrected chi connectivity index (χ4v) is 4.83. The summed E-state index contributed by atoms with van der Waals surface area (Å²) in [6.07, 6.45) is 8.24. The maximum atomic E-state index is 11.4. The summed E-state index contributed by atoms with van der Waals surface area (Å²) < 4.78 is 0. The Labute approximate surface area is 118 Å². The number of carbonyl (C=O) groups excluding carboxylic acids is 1. The Morgan fingerprint density at radius 1 is 1.37 bits per heavy atom. The van der Waals surface area contributed by atoms with Crippen LogP contribution in [0.1, 0.15) is 72.6 Å². The van der Waals surface area contributed by atoms with Gasteiger partial charge in [0, 0.05) is 6.42 Å². The molecule has 0 saturated heterocycles. The summed E-state index contributed by atoms with van der Waals surface area (Å²) in [6.45, 7) is 13.4. The van der Waals surface area contributed by atoms with Crippen LogP contribution in [-0.4, -0.2) is 5.78 Å². The predicted octanol–water partition coefficient (Wildman–Crippen LogP) is 5.15. The number of carbonyl (C=O) groups is 1. The van der Waals surface area contributed by atoms with Gasteiger partial charge < -0.3 is 4.79 Å². The molecule has 0 N–H and O–H groups in total. The number of Topliss-reactive ketones (excluding diaryl/α,β-unsaturated/α-hetero) is 1. The zero-order chi connectivity index (χ0) is 14.3. The molecule has 108 valence electrons. The van der Waals surface area contributed by atoms with Gasteiger partial charge in [0.05, 0.1) is 0 Å². The quantitative estimate of drug-likeness (QED) is 0.642.